The van der Waals surface area contributed by atoms with E-state index < -0.39 is 23.8 Å². The molecule has 4 unspecified atom stereocenters. The Kier molecular flexibility index (Phi) is 9.14. The molecule has 4 bridgehead atoms. The number of hydrogen-bond acceptors (Lipinski definition) is 5. The van der Waals surface area contributed by atoms with Crippen molar-refractivity contribution in [1.82, 2.24) is 20.9 Å². The van der Waals surface area contributed by atoms with Crippen LogP contribution in [0.5, 0.6) is 0 Å². The van der Waals surface area contributed by atoms with Gasteiger partial charge in [0.1, 0.15) is 11.6 Å². The van der Waals surface area contributed by atoms with Gasteiger partial charge < -0.3 is 30.3 Å². The molecule has 1 aliphatic heterocycles. The molecule has 6 rings (SSSR count). The lowest BCUT2D eigenvalue weighted by Gasteiger charge is -2.39. The van der Waals surface area contributed by atoms with E-state index in [9.17, 15) is 18.4 Å². The molecule has 0 radical (unpaired) electrons. The minimum absolute atomic E-state index is 0.0492. The van der Waals surface area contributed by atoms with Gasteiger partial charge in [-0.25, -0.2) is 18.4 Å². The number of nitrogens with zero attached hydrogens (tertiary/aromatic N) is 1. The van der Waals surface area contributed by atoms with Gasteiger partial charge in [-0.1, -0.05) is 0 Å². The Balaban J connectivity index is 1.24. The van der Waals surface area contributed by atoms with E-state index in [2.05, 4.69) is 20.7 Å². The number of carbonyl (C=O) groups is 2. The van der Waals surface area contributed by atoms with Gasteiger partial charge >= 0.3 is 12.1 Å². The molecule has 1 aromatic carbocycles. The number of likely N-dealkylation sites (tertiary alicyclic amines) is 1. The number of carbonyl (C=O) groups excluding carboxylic acids is 2. The average Bonchev–Trinajstić information content (AvgIpc) is 3.32. The molecule has 5 aliphatic rings. The molecule has 222 valence electrons. The zero-order valence-corrected chi connectivity index (χ0v) is 23.7. The second kappa shape index (κ2) is 12.6. The number of halogens is 2. The van der Waals surface area contributed by atoms with Crippen molar-refractivity contribution in [2.75, 3.05) is 46.9 Å². The van der Waals surface area contributed by atoms with Crippen molar-refractivity contribution < 1.29 is 27.8 Å². The van der Waals surface area contributed by atoms with Crippen LogP contribution >= 0.6 is 0 Å². The van der Waals surface area contributed by atoms with E-state index in [1.54, 1.807) is 4.90 Å². The summed E-state index contributed by atoms with van der Waals surface area (Å²) in [6, 6.07) is 3.29. The van der Waals surface area contributed by atoms with E-state index in [4.69, 9.17) is 4.74 Å². The van der Waals surface area contributed by atoms with Gasteiger partial charge in [-0.2, -0.15) is 0 Å². The third kappa shape index (κ3) is 6.38. The molecular formula is C30H44F2N4O4. The number of hydrogen-bond donors (Lipinski definition) is 3. The fraction of sp³-hybridized carbons (Fsp3) is 0.733. The number of methoxy groups -OCH3 is 1. The van der Waals surface area contributed by atoms with Crippen molar-refractivity contribution in [3.8, 4) is 0 Å². The van der Waals surface area contributed by atoms with E-state index in [-0.39, 0.29) is 36.7 Å². The van der Waals surface area contributed by atoms with E-state index in [0.717, 1.165) is 49.3 Å². The third-order valence-corrected chi connectivity index (χ3v) is 9.88. The highest BCUT2D eigenvalue weighted by Crippen LogP contribution is 2.67. The Morgan fingerprint density at radius 1 is 1.18 bits per heavy atom. The van der Waals surface area contributed by atoms with Crippen LogP contribution in [0.4, 0.5) is 18.4 Å². The molecule has 0 aromatic heterocycles. The summed E-state index contributed by atoms with van der Waals surface area (Å²) in [6.45, 7) is 1.96. The highest BCUT2D eigenvalue weighted by molar-refractivity contribution is 5.74. The van der Waals surface area contributed by atoms with Crippen LogP contribution in [-0.4, -0.2) is 70.0 Å². The zero-order chi connectivity index (χ0) is 28.3. The fourth-order valence-electron chi connectivity index (χ4n) is 8.54. The van der Waals surface area contributed by atoms with E-state index >= 15 is 0 Å². The average molecular weight is 563 g/mol. The molecule has 3 N–H and O–H groups in total. The topological polar surface area (TPSA) is 91.9 Å². The number of nitrogens with one attached hydrogen (secondary N) is 3. The summed E-state index contributed by atoms with van der Waals surface area (Å²) >= 11 is 0. The largest absolute Gasteiger partial charge is 0.453 e. The van der Waals surface area contributed by atoms with E-state index in [1.807, 2.05) is 7.05 Å². The second-order valence-corrected chi connectivity index (χ2v) is 12.5. The van der Waals surface area contributed by atoms with Gasteiger partial charge in [-0.05, 0) is 99.8 Å². The lowest BCUT2D eigenvalue weighted by Crippen LogP contribution is -2.52. The van der Waals surface area contributed by atoms with Crippen molar-refractivity contribution in [2.45, 2.75) is 63.5 Å². The monoisotopic (exact) mass is 562 g/mol. The molecule has 1 aromatic rings. The molecule has 5 fully saturated rings. The van der Waals surface area contributed by atoms with Crippen LogP contribution in [0.3, 0.4) is 0 Å². The van der Waals surface area contributed by atoms with Crippen molar-refractivity contribution >= 4 is 12.1 Å². The standard InChI is InChI=1S/C30H44F2N4O4/c1-33-17-24(16-30-14-19-10-20(15-30)12-22(30)11-19)35-28(37)36-8-3-4-21(18-36)27(40-9-7-34-29(38)39-2)25-13-23(31)5-6-26(25)32/h5-6,13,19-22,24,27,33H,3-4,7-12,14-18H2,1-2H3,(H,34,38)(H,35,37)/t19-,20?,21?,22?,24+,27-,30?/m1/s1. The van der Waals surface area contributed by atoms with Gasteiger partial charge in [0.2, 0.25) is 0 Å². The van der Waals surface area contributed by atoms with Gasteiger partial charge in [0, 0.05) is 43.7 Å². The summed E-state index contributed by atoms with van der Waals surface area (Å²) < 4.78 is 39.7. The smallest absolute Gasteiger partial charge is 0.406 e. The Morgan fingerprint density at radius 2 is 1.95 bits per heavy atom. The molecule has 8 nitrogen and oxygen atoms in total. The van der Waals surface area contributed by atoms with Crippen LogP contribution in [0, 0.1) is 40.7 Å². The molecular weight excluding hydrogens is 518 g/mol. The lowest BCUT2D eigenvalue weighted by atomic mass is 9.72. The third-order valence-electron chi connectivity index (χ3n) is 9.88. The molecule has 7 atom stereocenters. The maximum atomic E-state index is 14.9. The maximum Gasteiger partial charge on any atom is 0.406 e. The number of amides is 3. The van der Waals surface area contributed by atoms with Gasteiger partial charge in [0.25, 0.3) is 0 Å². The summed E-state index contributed by atoms with van der Waals surface area (Å²) in [6.07, 6.45) is 7.83. The van der Waals surface area contributed by atoms with Crippen LogP contribution < -0.4 is 16.0 Å². The number of piperidine rings is 1. The number of urea groups is 1. The summed E-state index contributed by atoms with van der Waals surface area (Å²) in [4.78, 5) is 26.8. The van der Waals surface area contributed by atoms with Crippen LogP contribution in [-0.2, 0) is 9.47 Å². The molecule has 10 heteroatoms. The molecule has 4 aliphatic carbocycles. The molecule has 4 saturated carbocycles. The molecule has 40 heavy (non-hydrogen) atoms. The van der Waals surface area contributed by atoms with Gasteiger partial charge in [0.05, 0.1) is 19.8 Å². The fourth-order valence-corrected chi connectivity index (χ4v) is 8.54. The first-order valence-electron chi connectivity index (χ1n) is 14.9. The molecule has 1 saturated heterocycles. The number of likely N-dealkylation sites (N-methyl/N-ethyl adjacent to an activating group) is 1. The van der Waals surface area contributed by atoms with Crippen LogP contribution in [0.25, 0.3) is 0 Å². The lowest BCUT2D eigenvalue weighted by molar-refractivity contribution is -0.0108. The number of benzene rings is 1. The predicted octanol–water partition coefficient (Wildman–Crippen LogP) is 4.60. The molecule has 1 heterocycles. The van der Waals surface area contributed by atoms with Crippen molar-refractivity contribution in [3.63, 3.8) is 0 Å². The SMILES string of the molecule is CNC[C@H](CC12CC3CC1C[C@@H](C3)C2)NC(=O)N1CCCC([C@@H](OCCNC(=O)OC)c2cc(F)ccc2F)C1. The zero-order valence-electron chi connectivity index (χ0n) is 23.7. The summed E-state index contributed by atoms with van der Waals surface area (Å²) in [5.41, 5.74) is 0.503. The van der Waals surface area contributed by atoms with Crippen LogP contribution in [0.15, 0.2) is 18.2 Å². The highest BCUT2D eigenvalue weighted by atomic mass is 19.1. The number of ether oxygens (including phenoxy) is 2. The minimum Gasteiger partial charge on any atom is -0.453 e. The Bertz CT molecular complexity index is 1040. The van der Waals surface area contributed by atoms with Crippen molar-refractivity contribution in [3.05, 3.63) is 35.4 Å². The number of alkyl carbamates (subject to hydrolysis) is 1. The molecule has 0 spiro atoms. The Hall–Kier alpha value is -2.46. The minimum atomic E-state index is -0.762. The van der Waals surface area contributed by atoms with E-state index in [0.29, 0.717) is 24.9 Å². The van der Waals surface area contributed by atoms with Crippen LogP contribution in [0.1, 0.15) is 63.0 Å². The summed E-state index contributed by atoms with van der Waals surface area (Å²) in [5.74, 6) is 1.22. The summed E-state index contributed by atoms with van der Waals surface area (Å²) in [7, 11) is 3.20. The highest BCUT2D eigenvalue weighted by Gasteiger charge is 2.57. The number of rotatable bonds is 11. The Labute approximate surface area is 235 Å². The molecule has 3 amide bonds. The van der Waals surface area contributed by atoms with Gasteiger partial charge in [-0.3, -0.25) is 0 Å². The summed E-state index contributed by atoms with van der Waals surface area (Å²) in [5, 5.41) is 9.16. The predicted molar refractivity (Wildman–Crippen MR) is 147 cm³/mol. The van der Waals surface area contributed by atoms with Gasteiger partial charge in [-0.15, -0.1) is 0 Å². The quantitative estimate of drug-likeness (QED) is 0.343. The van der Waals surface area contributed by atoms with Crippen LogP contribution in [0.2, 0.25) is 0 Å². The first-order valence-corrected chi connectivity index (χ1v) is 14.9. The van der Waals surface area contributed by atoms with E-state index in [1.165, 1.54) is 45.3 Å². The Morgan fingerprint density at radius 3 is 2.67 bits per heavy atom. The first kappa shape index (κ1) is 29.0. The second-order valence-electron chi connectivity index (χ2n) is 12.5. The van der Waals surface area contributed by atoms with Crippen molar-refractivity contribution in [2.24, 2.45) is 29.1 Å². The maximum absolute atomic E-state index is 14.9. The first-order chi connectivity index (χ1) is 19.3. The van der Waals surface area contributed by atoms with Crippen molar-refractivity contribution in [1.29, 1.82) is 0 Å². The normalized spacial score (nSPS) is 30.2. The van der Waals surface area contributed by atoms with Gasteiger partial charge in [0.15, 0.2) is 0 Å².